The van der Waals surface area contributed by atoms with Crippen LogP contribution in [0.2, 0.25) is 0 Å². The minimum atomic E-state index is -0.988. The Morgan fingerprint density at radius 3 is 2.05 bits per heavy atom. The molecule has 0 rings (SSSR count). The van der Waals surface area contributed by atoms with E-state index < -0.39 is 17.6 Å². The number of urea groups is 1. The number of hydrogen-bond donors (Lipinski definition) is 3. The molecule has 118 valence electrons. The fourth-order valence-electron chi connectivity index (χ4n) is 2.06. The molecule has 0 aromatic rings. The van der Waals surface area contributed by atoms with Crippen LogP contribution in [0, 0.1) is 5.41 Å². The highest BCUT2D eigenvalue weighted by Crippen LogP contribution is 2.22. The standard InChI is InChI=1S/C14H28N2O4/c1-13(2,3)8-10(7-11(17)18)15-12(19)16(6)9-14(4,5)20/h10,20H,7-9H2,1-6H3,(H,15,19)(H,17,18). The van der Waals surface area contributed by atoms with Gasteiger partial charge in [0, 0.05) is 13.1 Å². The van der Waals surface area contributed by atoms with Crippen molar-refractivity contribution in [3.05, 3.63) is 0 Å². The summed E-state index contributed by atoms with van der Waals surface area (Å²) >= 11 is 0. The predicted molar refractivity (Wildman–Crippen MR) is 77.6 cm³/mol. The van der Waals surface area contributed by atoms with E-state index in [9.17, 15) is 14.7 Å². The Balaban J connectivity index is 4.64. The number of rotatable bonds is 6. The number of carbonyl (C=O) groups is 2. The molecule has 0 aromatic carbocycles. The first-order valence-corrected chi connectivity index (χ1v) is 6.76. The highest BCUT2D eigenvalue weighted by molar-refractivity contribution is 5.75. The molecule has 3 N–H and O–H groups in total. The SMILES string of the molecule is CN(CC(C)(C)O)C(=O)NC(CC(=O)O)CC(C)(C)C. The van der Waals surface area contributed by atoms with Crippen molar-refractivity contribution in [1.29, 1.82) is 0 Å². The van der Waals surface area contributed by atoms with Gasteiger partial charge in [-0.05, 0) is 25.7 Å². The van der Waals surface area contributed by atoms with Crippen molar-refractivity contribution in [2.24, 2.45) is 5.41 Å². The molecule has 0 heterocycles. The second-order valence-corrected chi connectivity index (χ2v) is 7.18. The second-order valence-electron chi connectivity index (χ2n) is 7.18. The Hall–Kier alpha value is -1.30. The zero-order valence-corrected chi connectivity index (χ0v) is 13.4. The van der Waals surface area contributed by atoms with E-state index in [0.29, 0.717) is 6.42 Å². The Bertz CT molecular complexity index is 342. The Kier molecular flexibility index (Phi) is 6.47. The van der Waals surface area contributed by atoms with E-state index in [1.807, 2.05) is 20.8 Å². The van der Waals surface area contributed by atoms with Crippen LogP contribution in [0.3, 0.4) is 0 Å². The van der Waals surface area contributed by atoms with Crippen molar-refractivity contribution in [2.45, 2.75) is 59.1 Å². The van der Waals surface area contributed by atoms with E-state index in [2.05, 4.69) is 5.32 Å². The van der Waals surface area contributed by atoms with E-state index in [0.717, 1.165) is 0 Å². The lowest BCUT2D eigenvalue weighted by Crippen LogP contribution is -2.49. The van der Waals surface area contributed by atoms with E-state index in [1.165, 1.54) is 4.90 Å². The summed E-state index contributed by atoms with van der Waals surface area (Å²) in [5.74, 6) is -0.940. The number of amides is 2. The lowest BCUT2D eigenvalue weighted by molar-refractivity contribution is -0.137. The number of aliphatic carboxylic acids is 1. The minimum absolute atomic E-state index is 0.0811. The maximum atomic E-state index is 12.0. The first-order chi connectivity index (χ1) is 8.80. The van der Waals surface area contributed by atoms with Crippen molar-refractivity contribution in [3.8, 4) is 0 Å². The highest BCUT2D eigenvalue weighted by Gasteiger charge is 2.25. The molecule has 0 saturated carbocycles. The summed E-state index contributed by atoms with van der Waals surface area (Å²) in [5.41, 5.74) is -1.07. The minimum Gasteiger partial charge on any atom is -0.481 e. The van der Waals surface area contributed by atoms with Gasteiger partial charge in [0.25, 0.3) is 0 Å². The Labute approximate surface area is 121 Å². The summed E-state index contributed by atoms with van der Waals surface area (Å²) in [7, 11) is 1.57. The molecule has 0 radical (unpaired) electrons. The van der Waals surface area contributed by atoms with Gasteiger partial charge in [0.05, 0.1) is 18.6 Å². The van der Waals surface area contributed by atoms with Gasteiger partial charge in [0.2, 0.25) is 0 Å². The predicted octanol–water partition coefficient (Wildman–Crippen LogP) is 1.68. The number of hydrogen-bond acceptors (Lipinski definition) is 3. The number of nitrogens with zero attached hydrogens (tertiary/aromatic N) is 1. The maximum absolute atomic E-state index is 12.0. The van der Waals surface area contributed by atoms with E-state index >= 15 is 0 Å². The zero-order valence-electron chi connectivity index (χ0n) is 13.4. The van der Waals surface area contributed by atoms with E-state index in [4.69, 9.17) is 5.11 Å². The molecule has 20 heavy (non-hydrogen) atoms. The van der Waals surface area contributed by atoms with Crippen molar-refractivity contribution >= 4 is 12.0 Å². The number of carbonyl (C=O) groups excluding carboxylic acids is 1. The molecule has 2 amide bonds. The monoisotopic (exact) mass is 288 g/mol. The fourth-order valence-corrected chi connectivity index (χ4v) is 2.06. The smallest absolute Gasteiger partial charge is 0.317 e. The molecule has 1 unspecified atom stereocenters. The van der Waals surface area contributed by atoms with Crippen LogP contribution in [0.5, 0.6) is 0 Å². The molecule has 6 nitrogen and oxygen atoms in total. The average Bonchev–Trinajstić information content (AvgIpc) is 2.10. The fraction of sp³-hybridized carbons (Fsp3) is 0.857. The summed E-state index contributed by atoms with van der Waals surface area (Å²) in [5, 5.41) is 21.3. The van der Waals surface area contributed by atoms with Gasteiger partial charge in [-0.1, -0.05) is 20.8 Å². The molecule has 0 aromatic heterocycles. The first kappa shape index (κ1) is 18.7. The maximum Gasteiger partial charge on any atom is 0.317 e. The summed E-state index contributed by atoms with van der Waals surface area (Å²) in [4.78, 5) is 24.2. The molecule has 1 atom stereocenters. The average molecular weight is 288 g/mol. The van der Waals surface area contributed by atoms with Gasteiger partial charge in [-0.25, -0.2) is 4.79 Å². The van der Waals surface area contributed by atoms with Gasteiger partial charge in [0.15, 0.2) is 0 Å². The van der Waals surface area contributed by atoms with Crippen molar-refractivity contribution in [2.75, 3.05) is 13.6 Å². The van der Waals surface area contributed by atoms with Crippen molar-refractivity contribution < 1.29 is 19.8 Å². The van der Waals surface area contributed by atoms with Crippen LogP contribution in [0.1, 0.15) is 47.5 Å². The largest absolute Gasteiger partial charge is 0.481 e. The van der Waals surface area contributed by atoms with E-state index in [1.54, 1.807) is 20.9 Å². The molecule has 0 aliphatic rings. The quantitative estimate of drug-likeness (QED) is 0.693. The summed E-state index contributed by atoms with van der Waals surface area (Å²) < 4.78 is 0. The Morgan fingerprint density at radius 2 is 1.70 bits per heavy atom. The molecule has 0 aliphatic heterocycles. The molecular formula is C14H28N2O4. The topological polar surface area (TPSA) is 89.9 Å². The van der Waals surface area contributed by atoms with Crippen LogP contribution in [0.25, 0.3) is 0 Å². The molecule has 0 fully saturated rings. The van der Waals surface area contributed by atoms with Crippen LogP contribution in [0.15, 0.2) is 0 Å². The van der Waals surface area contributed by atoms with Gasteiger partial charge in [-0.2, -0.15) is 0 Å². The van der Waals surface area contributed by atoms with Gasteiger partial charge in [0.1, 0.15) is 0 Å². The van der Waals surface area contributed by atoms with Crippen LogP contribution in [-0.4, -0.2) is 52.3 Å². The zero-order chi connectivity index (χ0) is 16.1. The first-order valence-electron chi connectivity index (χ1n) is 6.76. The molecule has 0 spiro atoms. The number of nitrogens with one attached hydrogen (secondary N) is 1. The molecule has 0 saturated heterocycles. The molecule has 6 heteroatoms. The summed E-state index contributed by atoms with van der Waals surface area (Å²) in [6, 6.07) is -0.799. The molecule has 0 aliphatic carbocycles. The van der Waals surface area contributed by atoms with Crippen LogP contribution >= 0.6 is 0 Å². The third-order valence-electron chi connectivity index (χ3n) is 2.58. The lowest BCUT2D eigenvalue weighted by Gasteiger charge is -2.30. The molecule has 0 bridgehead atoms. The van der Waals surface area contributed by atoms with Crippen molar-refractivity contribution in [1.82, 2.24) is 10.2 Å². The van der Waals surface area contributed by atoms with Crippen LogP contribution < -0.4 is 5.32 Å². The van der Waals surface area contributed by atoms with Crippen LogP contribution in [-0.2, 0) is 4.79 Å². The third-order valence-corrected chi connectivity index (χ3v) is 2.58. The van der Waals surface area contributed by atoms with Gasteiger partial charge in [-0.3, -0.25) is 4.79 Å². The number of aliphatic hydroxyl groups is 1. The highest BCUT2D eigenvalue weighted by atomic mass is 16.4. The summed E-state index contributed by atoms with van der Waals surface area (Å²) in [6.45, 7) is 9.38. The van der Waals surface area contributed by atoms with E-state index in [-0.39, 0.29) is 24.4 Å². The van der Waals surface area contributed by atoms with Crippen molar-refractivity contribution in [3.63, 3.8) is 0 Å². The van der Waals surface area contributed by atoms with Gasteiger partial charge in [-0.15, -0.1) is 0 Å². The second kappa shape index (κ2) is 6.92. The third kappa shape index (κ3) is 9.61. The Morgan fingerprint density at radius 1 is 1.20 bits per heavy atom. The normalized spacial score (nSPS) is 13.8. The van der Waals surface area contributed by atoms with Crippen LogP contribution in [0.4, 0.5) is 4.79 Å². The number of carboxylic acids is 1. The summed E-state index contributed by atoms with van der Waals surface area (Å²) in [6.07, 6.45) is 0.459. The van der Waals surface area contributed by atoms with Gasteiger partial charge >= 0.3 is 12.0 Å². The number of carboxylic acid groups (broad SMARTS) is 1. The lowest BCUT2D eigenvalue weighted by atomic mass is 9.87. The van der Waals surface area contributed by atoms with Gasteiger partial charge < -0.3 is 20.4 Å². The number of likely N-dealkylation sites (N-methyl/N-ethyl adjacent to an activating group) is 1. The molecular weight excluding hydrogens is 260 g/mol.